The van der Waals surface area contributed by atoms with Gasteiger partial charge < -0.3 is 10.2 Å². The number of nitrogens with one attached hydrogen (secondary N) is 2. The first kappa shape index (κ1) is 27.4. The topological polar surface area (TPSA) is 124 Å². The molecular formula is C26H36FN9O2. The molecule has 0 aliphatic carbocycles. The number of nitrogens with zero attached hydrogens (tertiary/aromatic N) is 7. The van der Waals surface area contributed by atoms with Crippen molar-refractivity contribution in [2.45, 2.75) is 52.0 Å². The predicted molar refractivity (Wildman–Crippen MR) is 143 cm³/mol. The van der Waals surface area contributed by atoms with Crippen LogP contribution in [0.2, 0.25) is 0 Å². The molecule has 4 rings (SSSR count). The van der Waals surface area contributed by atoms with E-state index in [4.69, 9.17) is 5.21 Å². The third-order valence-corrected chi connectivity index (χ3v) is 6.64. The minimum Gasteiger partial charge on any atom is -0.369 e. The van der Waals surface area contributed by atoms with Crippen LogP contribution in [-0.4, -0.2) is 73.7 Å². The van der Waals surface area contributed by atoms with Gasteiger partial charge in [0.05, 0.1) is 12.4 Å². The zero-order valence-corrected chi connectivity index (χ0v) is 22.0. The van der Waals surface area contributed by atoms with Crippen LogP contribution in [0.4, 0.5) is 21.7 Å². The maximum atomic E-state index is 14.4. The van der Waals surface area contributed by atoms with Gasteiger partial charge in [-0.3, -0.25) is 14.9 Å². The molecule has 0 unspecified atom stereocenters. The highest BCUT2D eigenvalue weighted by atomic mass is 19.1. The molecule has 1 amide bonds. The van der Waals surface area contributed by atoms with Gasteiger partial charge in [0.1, 0.15) is 11.4 Å². The van der Waals surface area contributed by atoms with Crippen LogP contribution in [0.15, 0.2) is 36.7 Å². The summed E-state index contributed by atoms with van der Waals surface area (Å²) >= 11 is 0. The standard InChI is InChI=1S/C26H36FN9O2/c1-19(2)36-18-23(31-33-36)25-22(27)17-28-26(30-25)29-20-8-10-21(11-9-20)35-15-13-34(14-16-35)12-6-4-3-5-7-24(37)32-38/h8-11,17-19,38H,3-7,12-16H2,1-2H3,(H,32,37)(H,28,29,30). The van der Waals surface area contributed by atoms with Crippen LogP contribution in [0.5, 0.6) is 0 Å². The van der Waals surface area contributed by atoms with Crippen molar-refractivity contribution in [2.24, 2.45) is 0 Å². The molecular weight excluding hydrogens is 489 g/mol. The third-order valence-electron chi connectivity index (χ3n) is 6.64. The minimum atomic E-state index is -0.548. The summed E-state index contributed by atoms with van der Waals surface area (Å²) in [4.78, 5) is 24.3. The molecule has 0 spiro atoms. The average Bonchev–Trinajstić information content (AvgIpc) is 3.43. The van der Waals surface area contributed by atoms with Gasteiger partial charge in [-0.1, -0.05) is 18.1 Å². The van der Waals surface area contributed by atoms with Crippen LogP contribution in [0.1, 0.15) is 52.0 Å². The van der Waals surface area contributed by atoms with Gasteiger partial charge in [0, 0.05) is 50.0 Å². The number of anilines is 3. The Bertz CT molecular complexity index is 1180. The summed E-state index contributed by atoms with van der Waals surface area (Å²) in [5.41, 5.74) is 4.12. The van der Waals surface area contributed by atoms with Crippen LogP contribution in [0.25, 0.3) is 11.4 Å². The Morgan fingerprint density at radius 3 is 2.50 bits per heavy atom. The first-order valence-corrected chi connectivity index (χ1v) is 13.1. The number of rotatable bonds is 12. The lowest BCUT2D eigenvalue weighted by atomic mass is 10.1. The van der Waals surface area contributed by atoms with Crippen LogP contribution in [-0.2, 0) is 4.79 Å². The fourth-order valence-corrected chi connectivity index (χ4v) is 4.39. The van der Waals surface area contributed by atoms with Gasteiger partial charge in [0.2, 0.25) is 11.9 Å². The van der Waals surface area contributed by atoms with Gasteiger partial charge in [-0.25, -0.2) is 24.5 Å². The molecule has 1 aliphatic rings. The molecule has 3 N–H and O–H groups in total. The van der Waals surface area contributed by atoms with Crippen molar-refractivity contribution in [2.75, 3.05) is 42.9 Å². The van der Waals surface area contributed by atoms with Gasteiger partial charge in [-0.15, -0.1) is 5.10 Å². The number of aromatic nitrogens is 5. The second-order valence-corrected chi connectivity index (χ2v) is 9.77. The lowest BCUT2D eigenvalue weighted by Crippen LogP contribution is -2.46. The summed E-state index contributed by atoms with van der Waals surface area (Å²) in [5, 5.41) is 19.7. The van der Waals surface area contributed by atoms with Crippen molar-refractivity contribution in [3.63, 3.8) is 0 Å². The fraction of sp³-hybridized carbons (Fsp3) is 0.500. The number of benzene rings is 1. The van der Waals surface area contributed by atoms with Crippen LogP contribution in [0.3, 0.4) is 0 Å². The van der Waals surface area contributed by atoms with E-state index in [-0.39, 0.29) is 17.6 Å². The molecule has 1 aliphatic heterocycles. The zero-order valence-electron chi connectivity index (χ0n) is 22.0. The Morgan fingerprint density at radius 2 is 1.82 bits per heavy atom. The SMILES string of the molecule is CC(C)n1cc(-c2nc(Nc3ccc(N4CCN(CCCCCCC(=O)NO)CC4)cc3)ncc2F)nn1. The van der Waals surface area contributed by atoms with Gasteiger partial charge in [0.15, 0.2) is 5.82 Å². The number of unbranched alkanes of at least 4 members (excludes halogenated alkanes) is 3. The molecule has 1 aromatic carbocycles. The van der Waals surface area contributed by atoms with Gasteiger partial charge in [-0.05, 0) is 57.5 Å². The van der Waals surface area contributed by atoms with Crippen molar-refractivity contribution in [3.8, 4) is 11.4 Å². The number of hydroxylamine groups is 1. The lowest BCUT2D eigenvalue weighted by Gasteiger charge is -2.36. The van der Waals surface area contributed by atoms with Crippen molar-refractivity contribution >= 4 is 23.2 Å². The summed E-state index contributed by atoms with van der Waals surface area (Å²) in [5.74, 6) is -0.571. The summed E-state index contributed by atoms with van der Waals surface area (Å²) < 4.78 is 16.0. The predicted octanol–water partition coefficient (Wildman–Crippen LogP) is 3.78. The summed E-state index contributed by atoms with van der Waals surface area (Å²) in [6.45, 7) is 8.97. The van der Waals surface area contributed by atoms with E-state index >= 15 is 0 Å². The Balaban J connectivity index is 1.24. The van der Waals surface area contributed by atoms with E-state index in [1.165, 1.54) is 0 Å². The molecule has 3 heterocycles. The zero-order chi connectivity index (χ0) is 26.9. The molecule has 0 saturated carbocycles. The molecule has 3 aromatic rings. The van der Waals surface area contributed by atoms with Crippen LogP contribution < -0.4 is 15.7 Å². The number of halogens is 1. The molecule has 1 saturated heterocycles. The molecule has 1 fully saturated rings. The molecule has 11 nitrogen and oxygen atoms in total. The summed E-state index contributed by atoms with van der Waals surface area (Å²) in [6, 6.07) is 8.20. The number of hydrogen-bond acceptors (Lipinski definition) is 9. The van der Waals surface area contributed by atoms with Crippen LogP contribution in [0, 0.1) is 5.82 Å². The second-order valence-electron chi connectivity index (χ2n) is 9.77. The molecule has 38 heavy (non-hydrogen) atoms. The number of carbonyl (C=O) groups excluding carboxylic acids is 1. The Hall–Kier alpha value is -3.64. The summed E-state index contributed by atoms with van der Waals surface area (Å²) in [7, 11) is 0. The fourth-order valence-electron chi connectivity index (χ4n) is 4.39. The van der Waals surface area contributed by atoms with Crippen molar-refractivity contribution in [1.82, 2.24) is 35.3 Å². The van der Waals surface area contributed by atoms with E-state index in [2.05, 4.69) is 47.5 Å². The normalized spacial score (nSPS) is 14.2. The third kappa shape index (κ3) is 7.45. The largest absolute Gasteiger partial charge is 0.369 e. The number of piperazine rings is 1. The average molecular weight is 526 g/mol. The van der Waals surface area contributed by atoms with Crippen molar-refractivity contribution < 1.29 is 14.4 Å². The quantitative estimate of drug-likeness (QED) is 0.184. The van der Waals surface area contributed by atoms with E-state index in [0.717, 1.165) is 76.0 Å². The lowest BCUT2D eigenvalue weighted by molar-refractivity contribution is -0.129. The first-order chi connectivity index (χ1) is 18.4. The monoisotopic (exact) mass is 525 g/mol. The maximum Gasteiger partial charge on any atom is 0.243 e. The van der Waals surface area contributed by atoms with Gasteiger partial charge >= 0.3 is 0 Å². The van der Waals surface area contributed by atoms with Crippen LogP contribution >= 0.6 is 0 Å². The highest BCUT2D eigenvalue weighted by Crippen LogP contribution is 2.24. The van der Waals surface area contributed by atoms with Gasteiger partial charge in [0.25, 0.3) is 0 Å². The highest BCUT2D eigenvalue weighted by Gasteiger charge is 2.17. The smallest absolute Gasteiger partial charge is 0.243 e. The van der Waals surface area contributed by atoms with E-state index in [0.29, 0.717) is 18.1 Å². The van der Waals surface area contributed by atoms with E-state index < -0.39 is 5.82 Å². The molecule has 2 aromatic heterocycles. The van der Waals surface area contributed by atoms with Gasteiger partial charge in [-0.2, -0.15) is 0 Å². The maximum absolute atomic E-state index is 14.4. The van der Waals surface area contributed by atoms with E-state index in [1.807, 2.05) is 26.0 Å². The first-order valence-electron chi connectivity index (χ1n) is 13.1. The Morgan fingerprint density at radius 1 is 1.08 bits per heavy atom. The van der Waals surface area contributed by atoms with E-state index in [1.54, 1.807) is 16.4 Å². The molecule has 0 bridgehead atoms. The molecule has 0 radical (unpaired) electrons. The second kappa shape index (κ2) is 13.2. The number of amides is 1. The highest BCUT2D eigenvalue weighted by molar-refractivity contribution is 5.74. The molecule has 12 heteroatoms. The Labute approximate surface area is 222 Å². The molecule has 204 valence electrons. The van der Waals surface area contributed by atoms with Crippen molar-refractivity contribution in [3.05, 3.63) is 42.5 Å². The van der Waals surface area contributed by atoms with E-state index in [9.17, 15) is 9.18 Å². The number of carbonyl (C=O) groups is 1. The molecule has 0 atom stereocenters. The Kier molecular flexibility index (Phi) is 9.55. The van der Waals surface area contributed by atoms with Crippen molar-refractivity contribution in [1.29, 1.82) is 0 Å². The summed E-state index contributed by atoms with van der Waals surface area (Å²) in [6.07, 6.45) is 7.20. The minimum absolute atomic E-state index is 0.109. The number of hydrogen-bond donors (Lipinski definition) is 3.